The minimum Gasteiger partial charge on any atom is -0.495 e. The van der Waals surface area contributed by atoms with Crippen LogP contribution < -0.4 is 23.8 Å². The van der Waals surface area contributed by atoms with Gasteiger partial charge in [0.15, 0.2) is 0 Å². The van der Waals surface area contributed by atoms with Crippen LogP contribution in [0.25, 0.3) is 0 Å². The van der Waals surface area contributed by atoms with Gasteiger partial charge in [0.2, 0.25) is 0 Å². The Bertz CT molecular complexity index is 1580. The Morgan fingerprint density at radius 3 is 1.84 bits per heavy atom. The minimum absolute atomic E-state index is 0.0431. The van der Waals surface area contributed by atoms with Crippen LogP contribution in [0.5, 0.6) is 23.0 Å². The summed E-state index contributed by atoms with van der Waals surface area (Å²) in [5, 5.41) is 9.74. The molecule has 0 spiro atoms. The van der Waals surface area contributed by atoms with E-state index in [1.54, 1.807) is 20.8 Å². The molecule has 0 radical (unpaired) electrons. The average molecular weight is 623 g/mol. The second-order valence-electron chi connectivity index (χ2n) is 11.4. The normalized spacial score (nSPS) is 13.5. The Kier molecular flexibility index (Phi) is 10.6. The summed E-state index contributed by atoms with van der Waals surface area (Å²) < 4.78 is 36.6. The van der Waals surface area contributed by atoms with Crippen molar-refractivity contribution < 1.29 is 38.0 Å². The number of hydrogen-bond donors (Lipinski definition) is 1. The number of rotatable bonds is 11. The summed E-state index contributed by atoms with van der Waals surface area (Å²) in [6, 6.07) is 6.64. The Morgan fingerprint density at radius 2 is 1.27 bits per heavy atom. The van der Waals surface area contributed by atoms with Crippen molar-refractivity contribution in [1.82, 2.24) is 4.90 Å². The number of aromatic carboxylic acids is 1. The van der Waals surface area contributed by atoms with Crippen LogP contribution in [0.15, 0.2) is 24.3 Å². The lowest BCUT2D eigenvalue weighted by atomic mass is 9.96. The predicted octanol–water partition coefficient (Wildman–Crippen LogP) is 6.20. The van der Waals surface area contributed by atoms with Crippen LogP contribution in [-0.4, -0.2) is 75.5 Å². The SMILES string of the molecule is COc1c(C)c(OC(=O)c2c(C)c(C)c(OCCCN3CCN(c4ccc(F)cc4)CC3)c(C)c2OC)c(C)c(C)c1C(=O)O. The first-order chi connectivity index (χ1) is 21.4. The van der Waals surface area contributed by atoms with Gasteiger partial charge < -0.3 is 29.0 Å². The zero-order valence-corrected chi connectivity index (χ0v) is 27.4. The average Bonchev–Trinajstić information content (AvgIpc) is 3.02. The fourth-order valence-electron chi connectivity index (χ4n) is 6.07. The predicted molar refractivity (Wildman–Crippen MR) is 171 cm³/mol. The summed E-state index contributed by atoms with van der Waals surface area (Å²) in [5.41, 5.74) is 4.99. The zero-order valence-electron chi connectivity index (χ0n) is 27.4. The minimum atomic E-state index is -1.11. The molecule has 45 heavy (non-hydrogen) atoms. The summed E-state index contributed by atoms with van der Waals surface area (Å²) in [4.78, 5) is 30.3. The van der Waals surface area contributed by atoms with Crippen molar-refractivity contribution in [3.8, 4) is 23.0 Å². The fraction of sp³-hybridized carbons (Fsp3) is 0.429. The second kappa shape index (κ2) is 14.2. The van der Waals surface area contributed by atoms with Gasteiger partial charge in [-0.3, -0.25) is 4.90 Å². The molecule has 3 aromatic rings. The van der Waals surface area contributed by atoms with Crippen molar-refractivity contribution >= 4 is 17.6 Å². The maximum Gasteiger partial charge on any atom is 0.347 e. The van der Waals surface area contributed by atoms with E-state index in [4.69, 9.17) is 18.9 Å². The molecule has 0 aliphatic carbocycles. The number of carbonyl (C=O) groups is 2. The smallest absolute Gasteiger partial charge is 0.347 e. The number of anilines is 1. The molecule has 0 unspecified atom stereocenters. The monoisotopic (exact) mass is 622 g/mol. The largest absolute Gasteiger partial charge is 0.495 e. The molecule has 0 saturated carbocycles. The summed E-state index contributed by atoms with van der Waals surface area (Å²) in [6.07, 6.45) is 0.826. The van der Waals surface area contributed by atoms with Crippen molar-refractivity contribution in [1.29, 1.82) is 0 Å². The number of nitrogens with zero attached hydrogens (tertiary/aromatic N) is 2. The van der Waals surface area contributed by atoms with Gasteiger partial charge in [0.25, 0.3) is 0 Å². The molecule has 4 rings (SSSR count). The number of benzene rings is 3. The summed E-state index contributed by atoms with van der Waals surface area (Å²) in [7, 11) is 2.90. The lowest BCUT2D eigenvalue weighted by Crippen LogP contribution is -2.46. The molecule has 1 aliphatic heterocycles. The molecule has 9 nitrogen and oxygen atoms in total. The third-order valence-corrected chi connectivity index (χ3v) is 8.82. The molecule has 3 aromatic carbocycles. The quantitative estimate of drug-likeness (QED) is 0.152. The van der Waals surface area contributed by atoms with Crippen molar-refractivity contribution in [3.05, 3.63) is 74.6 Å². The first kappa shape index (κ1) is 33.6. The van der Waals surface area contributed by atoms with Gasteiger partial charge in [0.05, 0.1) is 20.8 Å². The van der Waals surface area contributed by atoms with Crippen LogP contribution >= 0.6 is 0 Å². The number of carboxylic acids is 1. The molecule has 0 amide bonds. The Balaban J connectivity index is 1.45. The highest BCUT2D eigenvalue weighted by molar-refractivity contribution is 5.98. The van der Waals surface area contributed by atoms with Gasteiger partial charge in [0.1, 0.15) is 39.9 Å². The standard InChI is InChI=1S/C35H43FN2O7/c1-20-23(4)31(25(6)32(42-7)28(20)34(39)40)45-35(41)29-21(2)22(3)30(24(5)33(29)43-8)44-19-9-14-37-15-17-38(18-16-37)27-12-10-26(36)11-13-27/h10-13H,9,14-19H2,1-8H3,(H,39,40). The van der Waals surface area contributed by atoms with Gasteiger partial charge in [-0.2, -0.15) is 0 Å². The van der Waals surface area contributed by atoms with E-state index >= 15 is 0 Å². The van der Waals surface area contributed by atoms with Crippen molar-refractivity contribution in [2.24, 2.45) is 0 Å². The summed E-state index contributed by atoms with van der Waals surface area (Å²) >= 11 is 0. The Labute approximate surface area is 264 Å². The lowest BCUT2D eigenvalue weighted by Gasteiger charge is -2.36. The van der Waals surface area contributed by atoms with E-state index in [0.717, 1.165) is 50.4 Å². The number of ether oxygens (including phenoxy) is 4. The van der Waals surface area contributed by atoms with Crippen molar-refractivity contribution in [2.75, 3.05) is 58.5 Å². The Hall–Kier alpha value is -4.31. The number of esters is 1. The molecule has 1 fully saturated rings. The molecule has 0 atom stereocenters. The second-order valence-corrected chi connectivity index (χ2v) is 11.4. The third kappa shape index (κ3) is 6.86. The van der Waals surface area contributed by atoms with E-state index in [2.05, 4.69) is 9.80 Å². The molecule has 1 heterocycles. The van der Waals surface area contributed by atoms with E-state index in [9.17, 15) is 19.1 Å². The van der Waals surface area contributed by atoms with Gasteiger partial charge >= 0.3 is 11.9 Å². The molecule has 1 aliphatic rings. The van der Waals surface area contributed by atoms with E-state index in [1.807, 2.05) is 32.9 Å². The lowest BCUT2D eigenvalue weighted by molar-refractivity contribution is 0.0692. The van der Waals surface area contributed by atoms with E-state index in [-0.39, 0.29) is 28.4 Å². The molecule has 0 aromatic heterocycles. The summed E-state index contributed by atoms with van der Waals surface area (Å²) in [6.45, 7) is 15.7. The maximum absolute atomic E-state index is 13.7. The molecule has 10 heteroatoms. The number of carbonyl (C=O) groups excluding carboxylic acids is 1. The molecular formula is C35H43FN2O7. The van der Waals surface area contributed by atoms with E-state index in [0.29, 0.717) is 45.9 Å². The van der Waals surface area contributed by atoms with Gasteiger partial charge in [-0.1, -0.05) is 0 Å². The first-order valence-electron chi connectivity index (χ1n) is 15.1. The summed E-state index contributed by atoms with van der Waals surface area (Å²) in [5.74, 6) is -0.488. The highest BCUT2D eigenvalue weighted by Gasteiger charge is 2.29. The highest BCUT2D eigenvalue weighted by Crippen LogP contribution is 2.41. The number of hydrogen-bond acceptors (Lipinski definition) is 8. The van der Waals surface area contributed by atoms with Crippen LogP contribution in [0.3, 0.4) is 0 Å². The van der Waals surface area contributed by atoms with Gasteiger partial charge in [-0.15, -0.1) is 0 Å². The third-order valence-electron chi connectivity index (χ3n) is 8.82. The first-order valence-corrected chi connectivity index (χ1v) is 15.1. The highest BCUT2D eigenvalue weighted by atomic mass is 19.1. The van der Waals surface area contributed by atoms with Crippen molar-refractivity contribution in [3.63, 3.8) is 0 Å². The van der Waals surface area contributed by atoms with Gasteiger partial charge in [-0.05, 0) is 94.5 Å². The van der Waals surface area contributed by atoms with E-state index < -0.39 is 11.9 Å². The number of halogens is 1. The number of piperazine rings is 1. The maximum atomic E-state index is 13.7. The molecule has 0 bridgehead atoms. The van der Waals surface area contributed by atoms with E-state index in [1.165, 1.54) is 26.4 Å². The van der Waals surface area contributed by atoms with Crippen LogP contribution in [0.1, 0.15) is 60.5 Å². The number of methoxy groups -OCH3 is 2. The van der Waals surface area contributed by atoms with Crippen LogP contribution in [0, 0.1) is 47.4 Å². The molecule has 1 N–H and O–H groups in total. The fourth-order valence-corrected chi connectivity index (χ4v) is 6.07. The van der Waals surface area contributed by atoms with Crippen molar-refractivity contribution in [2.45, 2.75) is 48.0 Å². The van der Waals surface area contributed by atoms with Crippen LogP contribution in [0.2, 0.25) is 0 Å². The molecule has 242 valence electrons. The molecule has 1 saturated heterocycles. The topological polar surface area (TPSA) is 97.8 Å². The van der Waals surface area contributed by atoms with Crippen LogP contribution in [0.4, 0.5) is 10.1 Å². The van der Waals surface area contributed by atoms with Gasteiger partial charge in [-0.25, -0.2) is 14.0 Å². The number of carboxylic acid groups (broad SMARTS) is 1. The zero-order chi connectivity index (χ0) is 33.0. The van der Waals surface area contributed by atoms with Gasteiger partial charge in [0, 0.05) is 49.5 Å². The Morgan fingerprint density at radius 1 is 0.733 bits per heavy atom. The van der Waals surface area contributed by atoms with Crippen LogP contribution in [-0.2, 0) is 0 Å². The molecular weight excluding hydrogens is 579 g/mol.